The molecule has 2 N–H and O–H groups in total. The molecule has 2 amide bonds. The number of hydrogen-bond donors (Lipinski definition) is 2. The summed E-state index contributed by atoms with van der Waals surface area (Å²) in [5, 5.41) is 13.2. The number of rotatable bonds is 0. The molecule has 0 spiro atoms. The summed E-state index contributed by atoms with van der Waals surface area (Å²) in [5.74, 6) is -1.84. The highest BCUT2D eigenvalue weighted by molar-refractivity contribution is 5.94. The quantitative estimate of drug-likeness (QED) is 0.612. The number of nitrogens with zero attached hydrogens (tertiary/aromatic N) is 4. The minimum atomic E-state index is -0.728. The molecule has 1 aromatic heterocycles. The Labute approximate surface area is 196 Å². The first-order chi connectivity index (χ1) is 16.3. The van der Waals surface area contributed by atoms with Gasteiger partial charge >= 0.3 is 0 Å². The lowest BCUT2D eigenvalue weighted by Crippen LogP contribution is -2.37. The predicted octanol–water partition coefficient (Wildman–Crippen LogP) is 2.10. The van der Waals surface area contributed by atoms with E-state index in [4.69, 9.17) is 0 Å². The van der Waals surface area contributed by atoms with Crippen LogP contribution in [0.2, 0.25) is 0 Å². The number of benzene rings is 1. The van der Waals surface area contributed by atoms with E-state index in [1.54, 1.807) is 26.2 Å². The second kappa shape index (κ2) is 9.66. The maximum Gasteiger partial charge on any atom is 0.296 e. The minimum absolute atomic E-state index is 0.0516. The number of anilines is 1. The first-order valence-corrected chi connectivity index (χ1v) is 11.3. The molecule has 0 fully saturated rings. The fourth-order valence-corrected chi connectivity index (χ4v) is 4.44. The van der Waals surface area contributed by atoms with Gasteiger partial charge in [0, 0.05) is 39.4 Å². The standard InChI is InChI=1S/C24H28FN5O4/c1-28-11-5-4-8-19(31)29(2)17-7-3-6-12-30-22(17)27-20(21(32)24(30)34)23(33)26-14-15-9-10-16(25)13-18(15)28/h4,8-10,13,17,32H,3,5-7,11-12,14H2,1-2H3,(H,26,33). The Hall–Kier alpha value is -3.69. The summed E-state index contributed by atoms with van der Waals surface area (Å²) in [6, 6.07) is 3.75. The van der Waals surface area contributed by atoms with Gasteiger partial charge in [0.1, 0.15) is 11.6 Å². The summed E-state index contributed by atoms with van der Waals surface area (Å²) in [6.07, 6.45) is 5.82. The van der Waals surface area contributed by atoms with Crippen molar-refractivity contribution in [3.63, 3.8) is 0 Å². The van der Waals surface area contributed by atoms with Gasteiger partial charge in [0.25, 0.3) is 11.5 Å². The molecule has 2 aromatic rings. The highest BCUT2D eigenvalue weighted by Gasteiger charge is 2.31. The van der Waals surface area contributed by atoms with E-state index in [-0.39, 0.29) is 24.0 Å². The van der Waals surface area contributed by atoms with Crippen molar-refractivity contribution in [3.05, 3.63) is 63.6 Å². The van der Waals surface area contributed by atoms with Crippen LogP contribution in [0.25, 0.3) is 0 Å². The number of halogens is 1. The van der Waals surface area contributed by atoms with Crippen molar-refractivity contribution < 1.29 is 19.1 Å². The molecule has 34 heavy (non-hydrogen) atoms. The second-order valence-electron chi connectivity index (χ2n) is 8.65. The zero-order chi connectivity index (χ0) is 24.4. The van der Waals surface area contributed by atoms with Crippen molar-refractivity contribution in [2.75, 3.05) is 25.5 Å². The van der Waals surface area contributed by atoms with E-state index < -0.39 is 29.1 Å². The van der Waals surface area contributed by atoms with Crippen LogP contribution in [0.5, 0.6) is 5.75 Å². The minimum Gasteiger partial charge on any atom is -0.501 e. The summed E-state index contributed by atoms with van der Waals surface area (Å²) in [4.78, 5) is 46.6. The number of aromatic nitrogens is 2. The van der Waals surface area contributed by atoms with Crippen LogP contribution in [0.1, 0.15) is 53.6 Å². The van der Waals surface area contributed by atoms with Gasteiger partial charge in [-0.25, -0.2) is 9.37 Å². The number of carbonyl (C=O) groups excluding carboxylic acids is 2. The predicted molar refractivity (Wildman–Crippen MR) is 124 cm³/mol. The summed E-state index contributed by atoms with van der Waals surface area (Å²) < 4.78 is 15.3. The van der Waals surface area contributed by atoms with E-state index >= 15 is 0 Å². The van der Waals surface area contributed by atoms with Crippen molar-refractivity contribution in [1.29, 1.82) is 0 Å². The summed E-state index contributed by atoms with van der Waals surface area (Å²) in [5.41, 5.74) is 0.155. The number of likely N-dealkylation sites (N-methyl/N-ethyl adjacent to an activating group) is 1. The molecule has 0 saturated carbocycles. The van der Waals surface area contributed by atoms with Crippen LogP contribution in [0.3, 0.4) is 0 Å². The Morgan fingerprint density at radius 2 is 1.94 bits per heavy atom. The third-order valence-electron chi connectivity index (χ3n) is 6.40. The lowest BCUT2D eigenvalue weighted by atomic mass is 10.1. The molecular weight excluding hydrogens is 441 g/mol. The maximum atomic E-state index is 13.9. The fourth-order valence-electron chi connectivity index (χ4n) is 4.44. The van der Waals surface area contributed by atoms with E-state index in [1.165, 1.54) is 27.7 Å². The highest BCUT2D eigenvalue weighted by atomic mass is 19.1. The molecule has 0 radical (unpaired) electrons. The van der Waals surface area contributed by atoms with E-state index in [2.05, 4.69) is 10.3 Å². The fraction of sp³-hybridized carbons (Fsp3) is 0.417. The summed E-state index contributed by atoms with van der Waals surface area (Å²) in [6.45, 7) is 0.925. The van der Waals surface area contributed by atoms with Crippen molar-refractivity contribution in [2.45, 2.75) is 44.8 Å². The van der Waals surface area contributed by atoms with Crippen molar-refractivity contribution in [3.8, 4) is 5.75 Å². The lowest BCUT2D eigenvalue weighted by Gasteiger charge is -2.27. The van der Waals surface area contributed by atoms with Crippen LogP contribution in [0.4, 0.5) is 10.1 Å². The molecule has 3 heterocycles. The summed E-state index contributed by atoms with van der Waals surface area (Å²) in [7, 11) is 3.44. The van der Waals surface area contributed by atoms with Gasteiger partial charge in [-0.1, -0.05) is 12.1 Å². The zero-order valence-electron chi connectivity index (χ0n) is 19.3. The van der Waals surface area contributed by atoms with Crippen LogP contribution < -0.4 is 15.8 Å². The van der Waals surface area contributed by atoms with Gasteiger partial charge in [0.15, 0.2) is 5.69 Å². The maximum absolute atomic E-state index is 13.9. The van der Waals surface area contributed by atoms with Crippen LogP contribution in [0, 0.1) is 5.82 Å². The number of aromatic hydroxyl groups is 1. The summed E-state index contributed by atoms with van der Waals surface area (Å²) >= 11 is 0. The van der Waals surface area contributed by atoms with E-state index in [1.807, 2.05) is 4.90 Å². The van der Waals surface area contributed by atoms with Crippen LogP contribution in [-0.4, -0.2) is 52.0 Å². The zero-order valence-corrected chi connectivity index (χ0v) is 19.3. The van der Waals surface area contributed by atoms with Gasteiger partial charge in [-0.15, -0.1) is 0 Å². The molecule has 0 saturated heterocycles. The normalized spacial score (nSPS) is 19.4. The van der Waals surface area contributed by atoms with E-state index in [0.717, 1.165) is 6.42 Å². The molecule has 180 valence electrons. The van der Waals surface area contributed by atoms with Crippen molar-refractivity contribution in [2.24, 2.45) is 0 Å². The van der Waals surface area contributed by atoms with Crippen molar-refractivity contribution >= 4 is 17.5 Å². The Morgan fingerprint density at radius 1 is 1.15 bits per heavy atom. The molecule has 2 aliphatic heterocycles. The van der Waals surface area contributed by atoms with Gasteiger partial charge in [0.2, 0.25) is 11.7 Å². The molecule has 9 nitrogen and oxygen atoms in total. The largest absolute Gasteiger partial charge is 0.501 e. The van der Waals surface area contributed by atoms with E-state index in [0.29, 0.717) is 43.6 Å². The number of nitrogens with one attached hydrogen (secondary N) is 1. The third-order valence-corrected chi connectivity index (χ3v) is 6.40. The SMILES string of the molecule is CN1CCC=CC(=O)N(C)C2CCCCn3c2nc(c(O)c3=O)C(=O)NCc2ccc(F)cc21. The molecule has 4 rings (SSSR count). The molecule has 2 bridgehead atoms. The lowest BCUT2D eigenvalue weighted by molar-refractivity contribution is -0.127. The Morgan fingerprint density at radius 3 is 2.74 bits per heavy atom. The smallest absolute Gasteiger partial charge is 0.296 e. The van der Waals surface area contributed by atoms with Gasteiger partial charge in [-0.3, -0.25) is 19.0 Å². The molecule has 10 heteroatoms. The number of fused-ring (bicyclic) bond motifs is 2. The van der Waals surface area contributed by atoms with Crippen LogP contribution in [-0.2, 0) is 17.9 Å². The number of amides is 2. The Kier molecular flexibility index (Phi) is 6.67. The topological polar surface area (TPSA) is 108 Å². The molecule has 1 unspecified atom stereocenters. The average molecular weight is 470 g/mol. The van der Waals surface area contributed by atoms with Gasteiger partial charge in [-0.05, 0) is 49.5 Å². The molecular formula is C24H28FN5O4. The number of carbonyl (C=O) groups is 2. The van der Waals surface area contributed by atoms with Crippen LogP contribution in [0.15, 0.2) is 35.1 Å². The number of hydrogen-bond acceptors (Lipinski definition) is 6. The van der Waals surface area contributed by atoms with Gasteiger partial charge in [-0.2, -0.15) is 0 Å². The average Bonchev–Trinajstić information content (AvgIpc) is 3.04. The van der Waals surface area contributed by atoms with Gasteiger partial charge in [0.05, 0.1) is 6.04 Å². The van der Waals surface area contributed by atoms with E-state index in [9.17, 15) is 23.9 Å². The monoisotopic (exact) mass is 469 g/mol. The first-order valence-electron chi connectivity index (χ1n) is 11.3. The first kappa shape index (κ1) is 23.5. The highest BCUT2D eigenvalue weighted by Crippen LogP contribution is 2.29. The van der Waals surface area contributed by atoms with Crippen molar-refractivity contribution in [1.82, 2.24) is 19.8 Å². The Balaban J connectivity index is 1.82. The molecule has 1 atom stereocenters. The Bertz CT molecular complexity index is 1210. The van der Waals surface area contributed by atoms with Crippen LogP contribution >= 0.6 is 0 Å². The third kappa shape index (κ3) is 4.52. The van der Waals surface area contributed by atoms with Gasteiger partial charge < -0.3 is 20.2 Å². The molecule has 2 aliphatic rings. The molecule has 0 aliphatic carbocycles. The second-order valence-corrected chi connectivity index (χ2v) is 8.65. The molecule has 1 aromatic carbocycles.